The summed E-state index contributed by atoms with van der Waals surface area (Å²) in [5.41, 5.74) is -0.923. The minimum Gasteiger partial charge on any atom is -0.380 e. The van der Waals surface area contributed by atoms with Crippen molar-refractivity contribution in [2.75, 3.05) is 5.32 Å². The van der Waals surface area contributed by atoms with Crippen LogP contribution >= 0.6 is 0 Å². The number of nitrogens with zero attached hydrogens (tertiary/aromatic N) is 1. The lowest BCUT2D eigenvalue weighted by Crippen LogP contribution is -2.43. The lowest BCUT2D eigenvalue weighted by molar-refractivity contribution is -0.0481. The van der Waals surface area contributed by atoms with Gasteiger partial charge in [0, 0.05) is 47.7 Å². The second kappa shape index (κ2) is 7.25. The molecule has 0 radical (unpaired) electrons. The van der Waals surface area contributed by atoms with E-state index in [4.69, 9.17) is 0 Å². The van der Waals surface area contributed by atoms with E-state index in [0.717, 1.165) is 12.1 Å². The van der Waals surface area contributed by atoms with Crippen LogP contribution in [0.1, 0.15) is 42.9 Å². The van der Waals surface area contributed by atoms with Crippen LogP contribution in [0.5, 0.6) is 0 Å². The molecule has 2 N–H and O–H groups in total. The first-order valence-electron chi connectivity index (χ1n) is 10.2. The fraction of sp³-hybridized carbons (Fsp3) is 0.364. The number of aromatic nitrogens is 2. The molecule has 1 aromatic heterocycles. The standard InChI is InChI=1S/C22H17F6N3O/c23-10-5-12-16-15(8-10)29-19(9-1-3-22(27,28)4-2-9)18(20(16)30-31-21(12)32)17-13(25)6-11(24)7-14(17)26/h5-9,18-19,29H,1-4H2,(H,31,32)/t18-,19-/m0/s1. The smallest absolute Gasteiger partial charge is 0.272 e. The van der Waals surface area contributed by atoms with Crippen molar-refractivity contribution >= 4 is 16.5 Å². The molecule has 2 heterocycles. The highest BCUT2D eigenvalue weighted by Gasteiger charge is 2.45. The van der Waals surface area contributed by atoms with Crippen LogP contribution in [0.25, 0.3) is 10.8 Å². The fourth-order valence-electron chi connectivity index (χ4n) is 5.04. The summed E-state index contributed by atoms with van der Waals surface area (Å²) in [5, 5.41) is 9.41. The molecule has 4 nitrogen and oxygen atoms in total. The van der Waals surface area contributed by atoms with E-state index in [1.54, 1.807) is 0 Å². The maximum absolute atomic E-state index is 14.9. The number of hydrogen-bond donors (Lipinski definition) is 2. The largest absolute Gasteiger partial charge is 0.380 e. The molecule has 5 rings (SSSR count). The second-order valence-corrected chi connectivity index (χ2v) is 8.44. The number of aromatic amines is 1. The van der Waals surface area contributed by atoms with E-state index < -0.39 is 71.0 Å². The van der Waals surface area contributed by atoms with Crippen molar-refractivity contribution in [3.63, 3.8) is 0 Å². The first-order chi connectivity index (χ1) is 15.1. The fourth-order valence-corrected chi connectivity index (χ4v) is 5.04. The molecular formula is C22H17F6N3O. The van der Waals surface area contributed by atoms with Gasteiger partial charge in [0.25, 0.3) is 5.56 Å². The molecule has 3 aromatic rings. The zero-order chi connectivity index (χ0) is 22.8. The molecule has 1 aliphatic carbocycles. The molecule has 2 aliphatic rings. The van der Waals surface area contributed by atoms with Crippen LogP contribution in [0.3, 0.4) is 0 Å². The van der Waals surface area contributed by atoms with Gasteiger partial charge in [-0.3, -0.25) is 4.79 Å². The van der Waals surface area contributed by atoms with Crippen LogP contribution in [0.2, 0.25) is 0 Å². The Labute approximate surface area is 177 Å². The van der Waals surface area contributed by atoms with E-state index in [0.29, 0.717) is 12.1 Å². The highest BCUT2D eigenvalue weighted by atomic mass is 19.3. The molecule has 0 spiro atoms. The first kappa shape index (κ1) is 20.8. The molecular weight excluding hydrogens is 436 g/mol. The molecule has 1 saturated carbocycles. The third-order valence-electron chi connectivity index (χ3n) is 6.48. The molecule has 10 heteroatoms. The van der Waals surface area contributed by atoms with E-state index in [-0.39, 0.29) is 35.0 Å². The van der Waals surface area contributed by atoms with E-state index >= 15 is 0 Å². The summed E-state index contributed by atoms with van der Waals surface area (Å²) in [4.78, 5) is 12.3. The zero-order valence-electron chi connectivity index (χ0n) is 16.5. The Bertz CT molecular complexity index is 1260. The summed E-state index contributed by atoms with van der Waals surface area (Å²) < 4.78 is 85.1. The maximum Gasteiger partial charge on any atom is 0.272 e. The van der Waals surface area contributed by atoms with E-state index in [2.05, 4.69) is 15.5 Å². The molecule has 2 atom stereocenters. The zero-order valence-corrected chi connectivity index (χ0v) is 16.5. The summed E-state index contributed by atoms with van der Waals surface area (Å²) in [6.07, 6.45) is -0.686. The highest BCUT2D eigenvalue weighted by molar-refractivity contribution is 5.97. The number of rotatable bonds is 2. The minimum absolute atomic E-state index is 0.0583. The Balaban J connectivity index is 1.74. The molecule has 32 heavy (non-hydrogen) atoms. The Hall–Kier alpha value is -3.04. The van der Waals surface area contributed by atoms with E-state index in [1.807, 2.05) is 0 Å². The van der Waals surface area contributed by atoms with Crippen LogP contribution < -0.4 is 10.9 Å². The Morgan fingerprint density at radius 2 is 1.56 bits per heavy atom. The van der Waals surface area contributed by atoms with Crippen molar-refractivity contribution in [3.05, 3.63) is 69.1 Å². The van der Waals surface area contributed by atoms with Crippen molar-refractivity contribution in [1.82, 2.24) is 10.2 Å². The van der Waals surface area contributed by atoms with Crippen LogP contribution in [0.15, 0.2) is 29.1 Å². The number of nitrogens with one attached hydrogen (secondary N) is 2. The number of halogens is 6. The maximum atomic E-state index is 14.9. The third kappa shape index (κ3) is 3.32. The average molecular weight is 453 g/mol. The summed E-state index contributed by atoms with van der Waals surface area (Å²) in [7, 11) is 0. The van der Waals surface area contributed by atoms with Gasteiger partial charge in [-0.1, -0.05) is 0 Å². The van der Waals surface area contributed by atoms with Gasteiger partial charge in [0.15, 0.2) is 0 Å². The van der Waals surface area contributed by atoms with Gasteiger partial charge in [0.2, 0.25) is 5.92 Å². The molecule has 1 aliphatic heterocycles. The number of hydrogen-bond acceptors (Lipinski definition) is 3. The van der Waals surface area contributed by atoms with Crippen molar-refractivity contribution in [3.8, 4) is 0 Å². The van der Waals surface area contributed by atoms with Crippen LogP contribution in [-0.2, 0) is 0 Å². The van der Waals surface area contributed by atoms with E-state index in [1.165, 1.54) is 0 Å². The van der Waals surface area contributed by atoms with Gasteiger partial charge in [-0.2, -0.15) is 5.10 Å². The van der Waals surface area contributed by atoms with Gasteiger partial charge in [-0.15, -0.1) is 0 Å². The normalized spacial score (nSPS) is 22.7. The highest BCUT2D eigenvalue weighted by Crippen LogP contribution is 2.48. The van der Waals surface area contributed by atoms with Gasteiger partial charge in [-0.05, 0) is 30.9 Å². The molecule has 168 valence electrons. The van der Waals surface area contributed by atoms with Gasteiger partial charge in [-0.25, -0.2) is 31.4 Å². The second-order valence-electron chi connectivity index (χ2n) is 8.44. The quantitative estimate of drug-likeness (QED) is 0.523. The van der Waals surface area contributed by atoms with Crippen molar-refractivity contribution in [2.24, 2.45) is 5.92 Å². The number of benzene rings is 2. The topological polar surface area (TPSA) is 57.8 Å². The Morgan fingerprint density at radius 1 is 0.938 bits per heavy atom. The first-order valence-corrected chi connectivity index (χ1v) is 10.2. The van der Waals surface area contributed by atoms with Crippen molar-refractivity contribution < 1.29 is 26.3 Å². The van der Waals surface area contributed by atoms with Gasteiger partial charge in [0.1, 0.15) is 23.3 Å². The predicted molar refractivity (Wildman–Crippen MR) is 105 cm³/mol. The lowest BCUT2D eigenvalue weighted by Gasteiger charge is -2.41. The predicted octanol–water partition coefficient (Wildman–Crippen LogP) is 5.23. The average Bonchev–Trinajstić information content (AvgIpc) is 2.70. The lowest BCUT2D eigenvalue weighted by atomic mass is 9.72. The molecule has 0 saturated heterocycles. The SMILES string of the molecule is O=c1[nH]nc2c3c(cc(F)cc13)N[C@@H](C1CCC(F)(F)CC1)[C@@H]2c1c(F)cc(F)cc1F. The monoisotopic (exact) mass is 453 g/mol. The molecule has 2 aromatic carbocycles. The number of H-pyrrole nitrogens is 1. The van der Waals surface area contributed by atoms with Crippen molar-refractivity contribution in [1.29, 1.82) is 0 Å². The summed E-state index contributed by atoms with van der Waals surface area (Å²) in [6.45, 7) is 0. The van der Waals surface area contributed by atoms with Gasteiger partial charge in [0.05, 0.1) is 17.0 Å². The molecule has 1 fully saturated rings. The van der Waals surface area contributed by atoms with Crippen LogP contribution in [-0.4, -0.2) is 22.2 Å². The molecule has 0 bridgehead atoms. The van der Waals surface area contributed by atoms with Crippen molar-refractivity contribution in [2.45, 2.75) is 43.6 Å². The number of alkyl halides is 2. The number of anilines is 1. The van der Waals surface area contributed by atoms with Crippen LogP contribution in [0, 0.1) is 29.2 Å². The summed E-state index contributed by atoms with van der Waals surface area (Å²) in [5.74, 6) is -8.59. The minimum atomic E-state index is -2.83. The Morgan fingerprint density at radius 3 is 2.22 bits per heavy atom. The Kier molecular flexibility index (Phi) is 4.72. The van der Waals surface area contributed by atoms with E-state index in [9.17, 15) is 31.1 Å². The van der Waals surface area contributed by atoms with Gasteiger partial charge >= 0.3 is 0 Å². The van der Waals surface area contributed by atoms with Gasteiger partial charge < -0.3 is 5.32 Å². The molecule has 0 amide bonds. The summed E-state index contributed by atoms with van der Waals surface area (Å²) >= 11 is 0. The summed E-state index contributed by atoms with van der Waals surface area (Å²) in [6, 6.07) is 2.35. The third-order valence-corrected chi connectivity index (χ3v) is 6.48. The van der Waals surface area contributed by atoms with Crippen LogP contribution in [0.4, 0.5) is 32.0 Å². The molecule has 0 unspecified atom stereocenters.